The molecular weight excluding hydrogens is 363 g/mol. The van der Waals surface area contributed by atoms with E-state index in [1.807, 2.05) is 19.0 Å². The molecular formula is C18H24Cl2N2O3. The second kappa shape index (κ2) is 9.34. The van der Waals surface area contributed by atoms with Gasteiger partial charge in [-0.1, -0.05) is 23.2 Å². The van der Waals surface area contributed by atoms with Crippen molar-refractivity contribution in [2.75, 3.05) is 26.0 Å². The molecule has 0 saturated carbocycles. The zero-order valence-electron chi connectivity index (χ0n) is 14.6. The van der Waals surface area contributed by atoms with E-state index in [1.54, 1.807) is 0 Å². The number of hydrogen-bond donors (Lipinski definition) is 2. The number of nitrogens with zero attached hydrogens (tertiary/aromatic N) is 1. The van der Waals surface area contributed by atoms with E-state index < -0.39 is 11.5 Å². The first-order chi connectivity index (χ1) is 11.8. The second-order valence-electron chi connectivity index (χ2n) is 6.07. The number of fused-ring (bicyclic) bond motifs is 1. The Morgan fingerprint density at radius 2 is 1.84 bits per heavy atom. The molecule has 25 heavy (non-hydrogen) atoms. The monoisotopic (exact) mass is 386 g/mol. The third kappa shape index (κ3) is 5.05. The van der Waals surface area contributed by atoms with Gasteiger partial charge in [0.25, 0.3) is 5.91 Å². The minimum atomic E-state index is -1.95. The van der Waals surface area contributed by atoms with E-state index in [0.29, 0.717) is 12.8 Å². The van der Waals surface area contributed by atoms with Crippen molar-refractivity contribution < 1.29 is 14.7 Å². The minimum absolute atomic E-state index is 0.176. The second-order valence-corrected chi connectivity index (χ2v) is 6.88. The Labute approximate surface area is 158 Å². The molecule has 1 aromatic carbocycles. The molecule has 1 aliphatic heterocycles. The van der Waals surface area contributed by atoms with E-state index in [-0.39, 0.29) is 33.5 Å². The average Bonchev–Trinajstić information content (AvgIpc) is 2.82. The van der Waals surface area contributed by atoms with Gasteiger partial charge in [0, 0.05) is 23.4 Å². The fraction of sp³-hybridized carbons (Fsp3) is 0.444. The summed E-state index contributed by atoms with van der Waals surface area (Å²) >= 11 is 12.1. The maximum Gasteiger partial charge on any atom is 0.261 e. The number of anilines is 1. The molecule has 0 saturated heterocycles. The quantitative estimate of drug-likeness (QED) is 0.554. The average molecular weight is 387 g/mol. The van der Waals surface area contributed by atoms with Gasteiger partial charge in [0.15, 0.2) is 5.60 Å². The van der Waals surface area contributed by atoms with Crippen molar-refractivity contribution in [1.82, 2.24) is 4.90 Å². The lowest BCUT2D eigenvalue weighted by molar-refractivity contribution is -0.140. The number of halogens is 2. The number of nitrogens with one attached hydrogen (secondary N) is 1. The number of carbonyl (C=O) groups excluding carboxylic acids is 2. The van der Waals surface area contributed by atoms with Crippen molar-refractivity contribution in [3.63, 3.8) is 0 Å². The summed E-state index contributed by atoms with van der Waals surface area (Å²) in [4.78, 5) is 26.4. The Balaban J connectivity index is 0.00000151. The molecule has 2 rings (SSSR count). The molecule has 0 aliphatic carbocycles. The molecule has 5 nitrogen and oxygen atoms in total. The largest absolute Gasteiger partial charge is 0.375 e. The first-order valence-electron chi connectivity index (χ1n) is 7.94. The van der Waals surface area contributed by atoms with Crippen LogP contribution in [0.4, 0.5) is 5.69 Å². The molecule has 1 amide bonds. The fourth-order valence-corrected chi connectivity index (χ4v) is 3.22. The number of unbranched alkanes of at least 4 members (excludes halogenated alkanes) is 1. The minimum Gasteiger partial charge on any atom is -0.375 e. The van der Waals surface area contributed by atoms with Crippen LogP contribution in [0, 0.1) is 0 Å². The van der Waals surface area contributed by atoms with Gasteiger partial charge in [-0.05, 0) is 45.6 Å². The zero-order chi connectivity index (χ0) is 19.2. The van der Waals surface area contributed by atoms with Gasteiger partial charge >= 0.3 is 0 Å². The highest BCUT2D eigenvalue weighted by Crippen LogP contribution is 2.46. The van der Waals surface area contributed by atoms with Gasteiger partial charge < -0.3 is 15.3 Å². The Kier molecular flexibility index (Phi) is 8.09. The number of rotatable bonds is 7. The third-order valence-electron chi connectivity index (χ3n) is 3.90. The van der Waals surface area contributed by atoms with Crippen LogP contribution >= 0.6 is 23.2 Å². The van der Waals surface area contributed by atoms with Crippen LogP contribution in [0.5, 0.6) is 0 Å². The van der Waals surface area contributed by atoms with Crippen LogP contribution in [-0.4, -0.2) is 42.3 Å². The molecule has 1 aromatic rings. The van der Waals surface area contributed by atoms with Crippen molar-refractivity contribution >= 4 is 40.6 Å². The van der Waals surface area contributed by atoms with Crippen molar-refractivity contribution in [2.24, 2.45) is 0 Å². The topological polar surface area (TPSA) is 69.6 Å². The van der Waals surface area contributed by atoms with Gasteiger partial charge in [-0.25, -0.2) is 0 Å². The Morgan fingerprint density at radius 1 is 1.24 bits per heavy atom. The zero-order valence-corrected chi connectivity index (χ0v) is 16.1. The van der Waals surface area contributed by atoms with Gasteiger partial charge in [0.1, 0.15) is 5.78 Å². The fourth-order valence-electron chi connectivity index (χ4n) is 2.70. The summed E-state index contributed by atoms with van der Waals surface area (Å²) in [5.74, 6) is -0.838. The molecule has 2 N–H and O–H groups in total. The van der Waals surface area contributed by atoms with Crippen molar-refractivity contribution in [3.05, 3.63) is 40.9 Å². The SMILES string of the molecule is C=C.CN(C)CCCCC(=O)CC1(O)C(=O)Nc2c(Cl)ccc(Cl)c21. The standard InChI is InChI=1S/C16H20Cl2N2O3.C2H4/c1-20(2)8-4-3-5-10(21)9-16(23)13-11(17)6-7-12(18)14(13)19-15(16)22;1-2/h6-7,23H,3-5,8-9H2,1-2H3,(H,19,22);1-2H2. The van der Waals surface area contributed by atoms with Crippen LogP contribution < -0.4 is 5.32 Å². The van der Waals surface area contributed by atoms with Gasteiger partial charge in [-0.2, -0.15) is 0 Å². The maximum absolute atomic E-state index is 12.2. The molecule has 0 spiro atoms. The van der Waals surface area contributed by atoms with Crippen LogP contribution in [0.3, 0.4) is 0 Å². The maximum atomic E-state index is 12.2. The summed E-state index contributed by atoms with van der Waals surface area (Å²) in [5.41, 5.74) is -1.47. The van der Waals surface area contributed by atoms with Crippen LogP contribution in [0.25, 0.3) is 0 Å². The number of aliphatic hydroxyl groups is 1. The van der Waals surface area contributed by atoms with Gasteiger partial charge in [-0.15, -0.1) is 13.2 Å². The normalized spacial score (nSPS) is 18.4. The van der Waals surface area contributed by atoms with Crippen LogP contribution in [-0.2, 0) is 15.2 Å². The lowest BCUT2D eigenvalue weighted by Gasteiger charge is -2.21. The molecule has 0 aromatic heterocycles. The van der Waals surface area contributed by atoms with Crippen LogP contribution in [0.1, 0.15) is 31.2 Å². The summed E-state index contributed by atoms with van der Waals surface area (Å²) in [7, 11) is 3.94. The molecule has 0 fully saturated rings. The predicted molar refractivity (Wildman–Crippen MR) is 102 cm³/mol. The first kappa shape index (κ1) is 21.6. The molecule has 7 heteroatoms. The van der Waals surface area contributed by atoms with Crippen LogP contribution in [0.15, 0.2) is 25.3 Å². The molecule has 1 unspecified atom stereocenters. The lowest BCUT2D eigenvalue weighted by Crippen LogP contribution is -2.36. The Morgan fingerprint density at radius 3 is 2.44 bits per heavy atom. The summed E-state index contributed by atoms with van der Waals surface area (Å²) in [6.45, 7) is 6.89. The summed E-state index contributed by atoms with van der Waals surface area (Å²) in [6.07, 6.45) is 1.61. The number of benzene rings is 1. The van der Waals surface area contributed by atoms with Crippen LogP contribution in [0.2, 0.25) is 10.0 Å². The molecule has 0 radical (unpaired) electrons. The molecule has 1 aliphatic rings. The van der Waals surface area contributed by atoms with E-state index >= 15 is 0 Å². The number of hydrogen-bond acceptors (Lipinski definition) is 4. The van der Waals surface area contributed by atoms with Crippen molar-refractivity contribution in [3.8, 4) is 0 Å². The first-order valence-corrected chi connectivity index (χ1v) is 8.70. The summed E-state index contributed by atoms with van der Waals surface area (Å²) in [6, 6.07) is 3.05. The number of carbonyl (C=O) groups is 2. The molecule has 0 bridgehead atoms. The molecule has 138 valence electrons. The van der Waals surface area contributed by atoms with Crippen molar-refractivity contribution in [1.29, 1.82) is 0 Å². The van der Waals surface area contributed by atoms with E-state index in [2.05, 4.69) is 18.5 Å². The number of ketones is 1. The highest BCUT2D eigenvalue weighted by atomic mass is 35.5. The summed E-state index contributed by atoms with van der Waals surface area (Å²) in [5, 5.41) is 13.8. The Bertz CT molecular complexity index is 649. The number of amides is 1. The lowest BCUT2D eigenvalue weighted by atomic mass is 9.88. The van der Waals surface area contributed by atoms with Crippen molar-refractivity contribution in [2.45, 2.75) is 31.3 Å². The highest BCUT2D eigenvalue weighted by Gasteiger charge is 2.48. The number of Topliss-reactive ketones (excluding diaryl/α,β-unsaturated/α-hetero) is 1. The van der Waals surface area contributed by atoms with Gasteiger partial charge in [0.2, 0.25) is 0 Å². The summed E-state index contributed by atoms with van der Waals surface area (Å²) < 4.78 is 0. The third-order valence-corrected chi connectivity index (χ3v) is 4.53. The van der Waals surface area contributed by atoms with E-state index in [4.69, 9.17) is 23.2 Å². The van der Waals surface area contributed by atoms with Gasteiger partial charge in [-0.3, -0.25) is 9.59 Å². The van der Waals surface area contributed by atoms with E-state index in [1.165, 1.54) is 12.1 Å². The highest BCUT2D eigenvalue weighted by molar-refractivity contribution is 6.38. The van der Waals surface area contributed by atoms with Gasteiger partial charge in [0.05, 0.1) is 10.7 Å². The smallest absolute Gasteiger partial charge is 0.261 e. The van der Waals surface area contributed by atoms with E-state index in [0.717, 1.165) is 13.0 Å². The Hall–Kier alpha value is -1.40. The predicted octanol–water partition coefficient (Wildman–Crippen LogP) is 3.63. The molecule has 1 atom stereocenters. The molecule has 1 heterocycles. The van der Waals surface area contributed by atoms with E-state index in [9.17, 15) is 14.7 Å².